The lowest BCUT2D eigenvalue weighted by molar-refractivity contribution is -0.145. The van der Waals surface area contributed by atoms with Crippen LogP contribution in [0.2, 0.25) is 0 Å². The van der Waals surface area contributed by atoms with E-state index in [0.29, 0.717) is 28.2 Å². The topological polar surface area (TPSA) is 129 Å². The quantitative estimate of drug-likeness (QED) is 0.407. The monoisotopic (exact) mass is 528 g/mol. The fourth-order valence-corrected chi connectivity index (χ4v) is 6.90. The molecule has 0 spiro atoms. The Morgan fingerprint density at radius 3 is 2.45 bits per heavy atom. The maximum atomic E-state index is 14.0. The van der Waals surface area contributed by atoms with Crippen LogP contribution in [0.5, 0.6) is 11.5 Å². The Hall–Kier alpha value is -2.62. The standard InChI is InChI=1S/C29H40N2O7/c1-37-23-14-17(16-33)13-20-24-21(28(35)30-11-12-32)15-22(25(34)27(24)38-26(20)23)31(19-9-3-2-4-10-19)29(36)18-7-5-6-8-18/h13-15,18-19,22,24-25,27,32-34H,2-12,16H2,1H3,(H,30,35). The maximum absolute atomic E-state index is 14.0. The van der Waals surface area contributed by atoms with Crippen LogP contribution < -0.4 is 14.8 Å². The van der Waals surface area contributed by atoms with Crippen LogP contribution in [0.3, 0.4) is 0 Å². The van der Waals surface area contributed by atoms with E-state index >= 15 is 0 Å². The van der Waals surface area contributed by atoms with Gasteiger partial charge in [0, 0.05) is 29.6 Å². The lowest BCUT2D eigenvalue weighted by Gasteiger charge is -2.46. The molecule has 0 saturated heterocycles. The number of ether oxygens (including phenoxy) is 2. The smallest absolute Gasteiger partial charge is 0.247 e. The molecule has 4 aliphatic rings. The van der Waals surface area contributed by atoms with Gasteiger partial charge in [-0.15, -0.1) is 0 Å². The van der Waals surface area contributed by atoms with Crippen molar-refractivity contribution < 1.29 is 34.4 Å². The van der Waals surface area contributed by atoms with Crippen LogP contribution in [0.1, 0.15) is 74.8 Å². The fraction of sp³-hybridized carbons (Fsp3) is 0.655. The Morgan fingerprint density at radius 1 is 1.08 bits per heavy atom. The first-order valence-corrected chi connectivity index (χ1v) is 14.1. The lowest BCUT2D eigenvalue weighted by atomic mass is 9.76. The predicted molar refractivity (Wildman–Crippen MR) is 140 cm³/mol. The summed E-state index contributed by atoms with van der Waals surface area (Å²) in [6.45, 7) is -0.335. The molecule has 38 heavy (non-hydrogen) atoms. The number of rotatable bonds is 8. The van der Waals surface area contributed by atoms with Crippen LogP contribution in [0.4, 0.5) is 0 Å². The average Bonchev–Trinajstić information content (AvgIpc) is 3.62. The van der Waals surface area contributed by atoms with Crippen molar-refractivity contribution in [1.82, 2.24) is 10.2 Å². The number of hydrogen-bond acceptors (Lipinski definition) is 7. The highest BCUT2D eigenvalue weighted by atomic mass is 16.5. The number of fused-ring (bicyclic) bond motifs is 3. The van der Waals surface area contributed by atoms with Crippen molar-refractivity contribution in [3.63, 3.8) is 0 Å². The zero-order chi connectivity index (χ0) is 26.8. The van der Waals surface area contributed by atoms with Gasteiger partial charge in [0.1, 0.15) is 12.2 Å². The number of nitrogens with one attached hydrogen (secondary N) is 1. The molecule has 4 atom stereocenters. The van der Waals surface area contributed by atoms with Gasteiger partial charge in [-0.1, -0.05) is 32.1 Å². The van der Waals surface area contributed by atoms with Gasteiger partial charge in [-0.25, -0.2) is 0 Å². The van der Waals surface area contributed by atoms with Gasteiger partial charge in [-0.2, -0.15) is 0 Å². The number of benzene rings is 1. The Bertz CT molecular complexity index is 1060. The summed E-state index contributed by atoms with van der Waals surface area (Å²) in [6, 6.07) is 2.77. The molecule has 1 aliphatic heterocycles. The van der Waals surface area contributed by atoms with E-state index in [1.807, 2.05) is 4.90 Å². The van der Waals surface area contributed by atoms with Gasteiger partial charge in [-0.05, 0) is 49.5 Å². The van der Waals surface area contributed by atoms with Crippen LogP contribution in [-0.2, 0) is 16.2 Å². The lowest BCUT2D eigenvalue weighted by Crippen LogP contribution is -2.59. The molecular formula is C29H40N2O7. The number of carbonyl (C=O) groups is 2. The molecular weight excluding hydrogens is 488 g/mol. The van der Waals surface area contributed by atoms with Crippen LogP contribution in [0.15, 0.2) is 23.8 Å². The Kier molecular flexibility index (Phi) is 8.26. The number of methoxy groups -OCH3 is 1. The van der Waals surface area contributed by atoms with Crippen LogP contribution in [-0.4, -0.2) is 76.6 Å². The van der Waals surface area contributed by atoms with E-state index in [1.54, 1.807) is 18.2 Å². The summed E-state index contributed by atoms with van der Waals surface area (Å²) in [6.07, 6.45) is 8.63. The van der Waals surface area contributed by atoms with E-state index in [0.717, 1.165) is 57.8 Å². The molecule has 0 radical (unpaired) electrons. The predicted octanol–water partition coefficient (Wildman–Crippen LogP) is 2.16. The van der Waals surface area contributed by atoms with E-state index < -0.39 is 24.2 Å². The molecule has 2 saturated carbocycles. The highest BCUT2D eigenvalue weighted by molar-refractivity contribution is 5.96. The normalized spacial score (nSPS) is 27.2. The first-order chi connectivity index (χ1) is 18.5. The highest BCUT2D eigenvalue weighted by Crippen LogP contribution is 2.52. The molecule has 1 heterocycles. The first kappa shape index (κ1) is 27.0. The second-order valence-corrected chi connectivity index (χ2v) is 11.0. The second kappa shape index (κ2) is 11.6. The molecule has 2 amide bonds. The molecule has 5 rings (SSSR count). The summed E-state index contributed by atoms with van der Waals surface area (Å²) in [5.41, 5.74) is 1.67. The van der Waals surface area contributed by atoms with Crippen LogP contribution >= 0.6 is 0 Å². The van der Waals surface area contributed by atoms with E-state index in [4.69, 9.17) is 9.47 Å². The number of nitrogens with zero attached hydrogens (tertiary/aromatic N) is 1. The number of aliphatic hydroxyl groups is 3. The molecule has 9 heteroatoms. The Balaban J connectivity index is 1.59. The average molecular weight is 529 g/mol. The van der Waals surface area contributed by atoms with E-state index in [9.17, 15) is 24.9 Å². The van der Waals surface area contributed by atoms with Crippen LogP contribution in [0, 0.1) is 5.92 Å². The van der Waals surface area contributed by atoms with Gasteiger partial charge in [0.25, 0.3) is 0 Å². The highest BCUT2D eigenvalue weighted by Gasteiger charge is 2.52. The van der Waals surface area contributed by atoms with Gasteiger partial charge >= 0.3 is 0 Å². The van der Waals surface area contributed by atoms with Crippen molar-refractivity contribution in [2.24, 2.45) is 5.92 Å². The Morgan fingerprint density at radius 2 is 1.79 bits per heavy atom. The maximum Gasteiger partial charge on any atom is 0.247 e. The second-order valence-electron chi connectivity index (χ2n) is 11.0. The number of hydrogen-bond donors (Lipinski definition) is 4. The zero-order valence-corrected chi connectivity index (χ0v) is 22.1. The fourth-order valence-electron chi connectivity index (χ4n) is 6.90. The van der Waals surface area contributed by atoms with E-state index in [1.165, 1.54) is 7.11 Å². The van der Waals surface area contributed by atoms with Gasteiger partial charge in [0.2, 0.25) is 11.8 Å². The molecule has 3 aliphatic carbocycles. The van der Waals surface area contributed by atoms with E-state index in [-0.39, 0.29) is 43.5 Å². The summed E-state index contributed by atoms with van der Waals surface area (Å²) in [7, 11) is 1.51. The van der Waals surface area contributed by atoms with Crippen molar-refractivity contribution >= 4 is 11.8 Å². The zero-order valence-electron chi connectivity index (χ0n) is 22.1. The van der Waals surface area contributed by atoms with Crippen molar-refractivity contribution in [3.8, 4) is 11.5 Å². The molecule has 1 aromatic rings. The van der Waals surface area contributed by atoms with Crippen molar-refractivity contribution in [3.05, 3.63) is 34.9 Å². The number of amides is 2. The molecule has 4 N–H and O–H groups in total. The summed E-state index contributed by atoms with van der Waals surface area (Å²) in [5.74, 6) is -0.106. The molecule has 208 valence electrons. The minimum absolute atomic E-state index is 0.00496. The molecule has 0 aromatic heterocycles. The summed E-state index contributed by atoms with van der Waals surface area (Å²) in [4.78, 5) is 29.4. The third kappa shape index (κ3) is 4.92. The van der Waals surface area contributed by atoms with Crippen LogP contribution in [0.25, 0.3) is 0 Å². The minimum atomic E-state index is -1.06. The number of aliphatic hydroxyl groups excluding tert-OH is 3. The number of carbonyl (C=O) groups excluding carboxylic acids is 2. The van der Waals surface area contributed by atoms with Crippen molar-refractivity contribution in [2.45, 2.75) is 94.6 Å². The summed E-state index contributed by atoms with van der Waals surface area (Å²) in [5, 5.41) is 33.8. The summed E-state index contributed by atoms with van der Waals surface area (Å²) >= 11 is 0. The molecule has 0 bridgehead atoms. The van der Waals surface area contributed by atoms with Crippen molar-refractivity contribution in [2.75, 3.05) is 20.3 Å². The molecule has 1 aromatic carbocycles. The molecule has 2 fully saturated rings. The minimum Gasteiger partial charge on any atom is -0.493 e. The molecule has 9 nitrogen and oxygen atoms in total. The molecule has 4 unspecified atom stereocenters. The Labute approximate surface area is 223 Å². The van der Waals surface area contributed by atoms with Gasteiger partial charge in [0.05, 0.1) is 32.3 Å². The third-order valence-corrected chi connectivity index (χ3v) is 8.74. The van der Waals surface area contributed by atoms with Gasteiger partial charge < -0.3 is 35.0 Å². The van der Waals surface area contributed by atoms with Gasteiger partial charge in [0.15, 0.2) is 11.5 Å². The summed E-state index contributed by atoms with van der Waals surface area (Å²) < 4.78 is 11.9. The SMILES string of the molecule is COc1cc(CO)cc2c1OC1C2C(C(=O)NCCO)=CC(N(C(=O)C2CCCC2)C2CCCCC2)C1O. The van der Waals surface area contributed by atoms with Gasteiger partial charge in [-0.3, -0.25) is 9.59 Å². The van der Waals surface area contributed by atoms with E-state index in [2.05, 4.69) is 5.32 Å². The third-order valence-electron chi connectivity index (χ3n) is 8.74. The first-order valence-electron chi connectivity index (χ1n) is 14.1. The largest absolute Gasteiger partial charge is 0.493 e. The van der Waals surface area contributed by atoms with Crippen molar-refractivity contribution in [1.29, 1.82) is 0 Å².